The predicted octanol–water partition coefficient (Wildman–Crippen LogP) is 4.08. The highest BCUT2D eigenvalue weighted by atomic mass is 32.1. The molecule has 26 heavy (non-hydrogen) atoms. The number of cyclic esters (lactones) is 1. The van der Waals surface area contributed by atoms with E-state index < -0.39 is 41.3 Å². The van der Waals surface area contributed by atoms with Crippen LogP contribution in [0.4, 0.5) is 27.2 Å². The van der Waals surface area contributed by atoms with Crippen molar-refractivity contribution in [1.82, 2.24) is 9.88 Å². The van der Waals surface area contributed by atoms with Crippen LogP contribution in [0.25, 0.3) is 0 Å². The largest absolute Gasteiger partial charge is 0.465 e. The zero-order valence-corrected chi connectivity index (χ0v) is 13.6. The van der Waals surface area contributed by atoms with E-state index in [1.54, 1.807) is 0 Å². The lowest BCUT2D eigenvalue weighted by atomic mass is 9.99. The molecule has 6 nitrogen and oxygen atoms in total. The van der Waals surface area contributed by atoms with Crippen molar-refractivity contribution in [3.05, 3.63) is 51.7 Å². The van der Waals surface area contributed by atoms with E-state index in [0.717, 1.165) is 18.3 Å². The van der Waals surface area contributed by atoms with E-state index in [9.17, 15) is 32.3 Å². The van der Waals surface area contributed by atoms with Crippen molar-refractivity contribution in [3.8, 4) is 0 Å². The number of nitrogens with zero attached hydrogens (tertiary/aromatic N) is 2. The summed E-state index contributed by atoms with van der Waals surface area (Å²) in [6, 6.07) is 3.75. The summed E-state index contributed by atoms with van der Waals surface area (Å²) in [7, 11) is 0. The van der Waals surface area contributed by atoms with Gasteiger partial charge in [0.05, 0.1) is 6.04 Å². The number of thiazole rings is 1. The fourth-order valence-electron chi connectivity index (χ4n) is 2.61. The molecule has 0 radical (unpaired) electrons. The average molecular weight is 390 g/mol. The van der Waals surface area contributed by atoms with Crippen LogP contribution in [0.5, 0.6) is 0 Å². The molecule has 138 valence electrons. The Labute approximate surface area is 147 Å². The van der Waals surface area contributed by atoms with E-state index in [-0.39, 0.29) is 11.3 Å². The number of ether oxygens (including phenoxy) is 1. The van der Waals surface area contributed by atoms with Crippen molar-refractivity contribution in [1.29, 1.82) is 0 Å². The van der Waals surface area contributed by atoms with Gasteiger partial charge in [-0.1, -0.05) is 12.1 Å². The molecule has 1 N–H and O–H groups in total. The Morgan fingerprint density at radius 1 is 1.31 bits per heavy atom. The molecule has 3 rings (SSSR count). The fraction of sp³-hybridized carbons (Fsp3) is 0.267. The van der Waals surface area contributed by atoms with Gasteiger partial charge in [-0.25, -0.2) is 23.9 Å². The maximum atomic E-state index is 13.1. The Kier molecular flexibility index (Phi) is 4.57. The third kappa shape index (κ3) is 3.47. The van der Waals surface area contributed by atoms with Crippen molar-refractivity contribution in [3.63, 3.8) is 0 Å². The Morgan fingerprint density at radius 3 is 2.50 bits per heavy atom. The predicted molar refractivity (Wildman–Crippen MR) is 80.1 cm³/mol. The fourth-order valence-corrected chi connectivity index (χ4v) is 3.44. The summed E-state index contributed by atoms with van der Waals surface area (Å²) >= 11 is 0.359. The van der Waals surface area contributed by atoms with Gasteiger partial charge in [0.15, 0.2) is 11.1 Å². The summed E-state index contributed by atoms with van der Waals surface area (Å²) in [5.74, 6) is -0.540. The number of rotatable bonds is 3. The number of alkyl halides is 3. The molecule has 1 aromatic heterocycles. The number of carbonyl (C=O) groups is 2. The summed E-state index contributed by atoms with van der Waals surface area (Å²) in [4.78, 5) is 27.1. The van der Waals surface area contributed by atoms with Gasteiger partial charge in [-0.05, 0) is 17.7 Å². The third-order valence-electron chi connectivity index (χ3n) is 3.72. The zero-order chi connectivity index (χ0) is 19.1. The molecule has 11 heteroatoms. The number of amides is 2. The second kappa shape index (κ2) is 6.56. The number of imide groups is 1. The first-order valence-electron chi connectivity index (χ1n) is 7.17. The highest BCUT2D eigenvalue weighted by Gasteiger charge is 2.47. The number of hydrogen-bond donors (Lipinski definition) is 1. The van der Waals surface area contributed by atoms with Crippen molar-refractivity contribution in [2.45, 2.75) is 24.7 Å². The molecule has 2 atom stereocenters. The minimum absolute atomic E-state index is 0.138. The van der Waals surface area contributed by atoms with E-state index in [0.29, 0.717) is 21.8 Å². The van der Waals surface area contributed by atoms with Gasteiger partial charge < -0.3 is 9.84 Å². The second-order valence-corrected chi connectivity index (χ2v) is 6.52. The summed E-state index contributed by atoms with van der Waals surface area (Å²) in [5.41, 5.74) is 0.328. The highest BCUT2D eigenvalue weighted by Crippen LogP contribution is 2.37. The number of hydrogen-bond acceptors (Lipinski definition) is 5. The third-order valence-corrected chi connectivity index (χ3v) is 4.78. The summed E-state index contributed by atoms with van der Waals surface area (Å²) in [6.07, 6.45) is -7.65. The summed E-state index contributed by atoms with van der Waals surface area (Å²) < 4.78 is 56.2. The smallest absolute Gasteiger partial charge is 0.443 e. The Balaban J connectivity index is 1.92. The monoisotopic (exact) mass is 390 g/mol. The summed E-state index contributed by atoms with van der Waals surface area (Å²) in [6.45, 7) is 0. The SMILES string of the molecule is O=C(O)N1C(=O)OC(c2ccc(F)cc2)C1Cc1cnc(C(F)(F)F)s1. The van der Waals surface area contributed by atoms with Gasteiger partial charge in [0.2, 0.25) is 0 Å². The first kappa shape index (κ1) is 18.1. The first-order valence-corrected chi connectivity index (χ1v) is 7.98. The van der Waals surface area contributed by atoms with Crippen molar-refractivity contribution in [2.24, 2.45) is 0 Å². The van der Waals surface area contributed by atoms with Gasteiger partial charge in [0.25, 0.3) is 0 Å². The van der Waals surface area contributed by atoms with Gasteiger partial charge in [0, 0.05) is 17.5 Å². The van der Waals surface area contributed by atoms with E-state index in [1.165, 1.54) is 12.1 Å². The van der Waals surface area contributed by atoms with Crippen molar-refractivity contribution >= 4 is 23.5 Å². The van der Waals surface area contributed by atoms with Crippen LogP contribution in [0.15, 0.2) is 30.5 Å². The van der Waals surface area contributed by atoms with Gasteiger partial charge >= 0.3 is 18.4 Å². The number of carbonyl (C=O) groups excluding carboxylic acids is 1. The van der Waals surface area contributed by atoms with Crippen LogP contribution in [-0.4, -0.2) is 33.2 Å². The molecular formula is C15H10F4N2O4S. The minimum atomic E-state index is -4.62. The lowest BCUT2D eigenvalue weighted by Crippen LogP contribution is -2.39. The molecule has 2 unspecified atom stereocenters. The average Bonchev–Trinajstić information content (AvgIpc) is 3.13. The molecule has 2 amide bonds. The molecule has 2 aromatic rings. The van der Waals surface area contributed by atoms with Gasteiger partial charge in [-0.2, -0.15) is 13.2 Å². The standard InChI is InChI=1S/C15H10F4N2O4S/c16-8-3-1-7(2-4-8)11-10(21(13(22)23)14(24)25-11)5-9-6-20-12(26-9)15(17,18)19/h1-4,6,10-11H,5H2,(H,22,23). The van der Waals surface area contributed by atoms with Gasteiger partial charge in [-0.3, -0.25) is 0 Å². The molecule has 2 heterocycles. The lowest BCUT2D eigenvalue weighted by Gasteiger charge is -2.20. The number of halogens is 4. The van der Waals surface area contributed by atoms with Crippen LogP contribution >= 0.6 is 11.3 Å². The van der Waals surface area contributed by atoms with E-state index in [4.69, 9.17) is 4.74 Å². The quantitative estimate of drug-likeness (QED) is 0.799. The van der Waals surface area contributed by atoms with E-state index in [1.807, 2.05) is 0 Å². The summed E-state index contributed by atoms with van der Waals surface area (Å²) in [5, 5.41) is 8.18. The van der Waals surface area contributed by atoms with E-state index >= 15 is 0 Å². The van der Waals surface area contributed by atoms with Crippen LogP contribution in [0.2, 0.25) is 0 Å². The van der Waals surface area contributed by atoms with Crippen LogP contribution in [0, 0.1) is 5.82 Å². The molecule has 0 aliphatic carbocycles. The Morgan fingerprint density at radius 2 is 1.96 bits per heavy atom. The van der Waals surface area contributed by atoms with Crippen LogP contribution in [0.3, 0.4) is 0 Å². The maximum absolute atomic E-state index is 13.1. The molecule has 1 fully saturated rings. The Hall–Kier alpha value is -2.69. The Bertz CT molecular complexity index is 837. The lowest BCUT2D eigenvalue weighted by molar-refractivity contribution is -0.137. The minimum Gasteiger partial charge on any atom is -0.465 e. The van der Waals surface area contributed by atoms with Crippen molar-refractivity contribution < 1.29 is 37.0 Å². The molecule has 1 saturated heterocycles. The molecule has 1 aromatic carbocycles. The van der Waals surface area contributed by atoms with Crippen LogP contribution in [0.1, 0.15) is 21.6 Å². The number of benzene rings is 1. The van der Waals surface area contributed by atoms with Gasteiger partial charge in [-0.15, -0.1) is 11.3 Å². The van der Waals surface area contributed by atoms with Gasteiger partial charge in [0.1, 0.15) is 5.82 Å². The zero-order valence-electron chi connectivity index (χ0n) is 12.7. The molecule has 1 aliphatic heterocycles. The number of carboxylic acid groups (broad SMARTS) is 1. The van der Waals surface area contributed by atoms with E-state index in [2.05, 4.69) is 4.98 Å². The number of aromatic nitrogens is 1. The maximum Gasteiger partial charge on any atom is 0.443 e. The topological polar surface area (TPSA) is 79.7 Å². The molecular weight excluding hydrogens is 380 g/mol. The molecule has 0 saturated carbocycles. The van der Waals surface area contributed by atoms with Crippen LogP contribution in [-0.2, 0) is 17.3 Å². The van der Waals surface area contributed by atoms with Crippen molar-refractivity contribution in [2.75, 3.05) is 0 Å². The molecule has 0 bridgehead atoms. The second-order valence-electron chi connectivity index (χ2n) is 5.41. The van der Waals surface area contributed by atoms with Crippen LogP contribution < -0.4 is 0 Å². The normalized spacial score (nSPS) is 20.3. The molecule has 0 spiro atoms. The molecule has 1 aliphatic rings. The first-order chi connectivity index (χ1) is 12.2. The highest BCUT2D eigenvalue weighted by molar-refractivity contribution is 7.11.